The van der Waals surface area contributed by atoms with E-state index < -0.39 is 0 Å². The molecule has 1 fully saturated rings. The molecule has 0 aromatic heterocycles. The first-order valence-electron chi connectivity index (χ1n) is 6.12. The lowest BCUT2D eigenvalue weighted by atomic mass is 10.0. The van der Waals surface area contributed by atoms with Crippen molar-refractivity contribution in [3.05, 3.63) is 35.6 Å². The number of aliphatic hydroxyl groups excluding tert-OH is 1. The molecule has 1 unspecified atom stereocenters. The van der Waals surface area contributed by atoms with Crippen LogP contribution >= 0.6 is 0 Å². The summed E-state index contributed by atoms with van der Waals surface area (Å²) in [4.78, 5) is 2.35. The first-order valence-corrected chi connectivity index (χ1v) is 6.12. The first kappa shape index (κ1) is 12.5. The van der Waals surface area contributed by atoms with E-state index in [1.54, 1.807) is 0 Å². The molecule has 2 rings (SSSR count). The van der Waals surface area contributed by atoms with Crippen molar-refractivity contribution in [1.29, 1.82) is 0 Å². The fourth-order valence-electron chi connectivity index (χ4n) is 2.36. The summed E-state index contributed by atoms with van der Waals surface area (Å²) in [6.07, 6.45) is 0.700. The van der Waals surface area contributed by atoms with Crippen LogP contribution in [-0.4, -0.2) is 42.8 Å². The van der Waals surface area contributed by atoms with Crippen molar-refractivity contribution in [3.8, 4) is 0 Å². The molecule has 1 heterocycles. The highest BCUT2D eigenvalue weighted by molar-refractivity contribution is 5.20. The summed E-state index contributed by atoms with van der Waals surface area (Å²) in [5.41, 5.74) is 1.09. The molecule has 0 aliphatic carbocycles. The molecule has 1 aromatic rings. The van der Waals surface area contributed by atoms with Crippen molar-refractivity contribution in [2.45, 2.75) is 12.5 Å². The van der Waals surface area contributed by atoms with Crippen LogP contribution in [0.5, 0.6) is 0 Å². The van der Waals surface area contributed by atoms with E-state index in [1.807, 2.05) is 12.1 Å². The minimum atomic E-state index is -0.211. The normalized spacial score (nSPS) is 19.2. The van der Waals surface area contributed by atoms with E-state index in [0.29, 0.717) is 6.42 Å². The van der Waals surface area contributed by atoms with Gasteiger partial charge in [0.1, 0.15) is 5.82 Å². The molecule has 4 heteroatoms. The second-order valence-electron chi connectivity index (χ2n) is 4.37. The van der Waals surface area contributed by atoms with Crippen molar-refractivity contribution < 1.29 is 9.50 Å². The summed E-state index contributed by atoms with van der Waals surface area (Å²) in [5, 5.41) is 12.5. The molecule has 3 nitrogen and oxygen atoms in total. The summed E-state index contributed by atoms with van der Waals surface area (Å²) in [6, 6.07) is 6.81. The minimum absolute atomic E-state index is 0.159. The lowest BCUT2D eigenvalue weighted by molar-refractivity contribution is 0.141. The predicted molar refractivity (Wildman–Crippen MR) is 65.3 cm³/mol. The zero-order chi connectivity index (χ0) is 12.1. The summed E-state index contributed by atoms with van der Waals surface area (Å²) < 4.78 is 12.9. The van der Waals surface area contributed by atoms with Gasteiger partial charge in [0.15, 0.2) is 0 Å². The van der Waals surface area contributed by atoms with Crippen LogP contribution in [0.15, 0.2) is 24.3 Å². The highest BCUT2D eigenvalue weighted by Crippen LogP contribution is 2.24. The SMILES string of the molecule is OCCC(c1ccc(F)cc1)N1CCNCC1. The van der Waals surface area contributed by atoms with E-state index >= 15 is 0 Å². The number of hydrogen-bond donors (Lipinski definition) is 2. The van der Waals surface area contributed by atoms with Crippen LogP contribution in [0.1, 0.15) is 18.0 Å². The maximum atomic E-state index is 12.9. The van der Waals surface area contributed by atoms with Gasteiger partial charge in [-0.2, -0.15) is 0 Å². The molecule has 0 radical (unpaired) electrons. The number of aliphatic hydroxyl groups is 1. The fourth-order valence-corrected chi connectivity index (χ4v) is 2.36. The van der Waals surface area contributed by atoms with Gasteiger partial charge in [0.05, 0.1) is 0 Å². The third kappa shape index (κ3) is 3.25. The van der Waals surface area contributed by atoms with Crippen LogP contribution in [0.2, 0.25) is 0 Å². The van der Waals surface area contributed by atoms with Crippen molar-refractivity contribution >= 4 is 0 Å². The van der Waals surface area contributed by atoms with E-state index in [9.17, 15) is 4.39 Å². The molecule has 0 spiro atoms. The Bertz CT molecular complexity index is 336. The van der Waals surface area contributed by atoms with Gasteiger partial charge in [-0.3, -0.25) is 4.90 Å². The lowest BCUT2D eigenvalue weighted by Crippen LogP contribution is -2.45. The Morgan fingerprint density at radius 3 is 2.47 bits per heavy atom. The topological polar surface area (TPSA) is 35.5 Å². The van der Waals surface area contributed by atoms with Gasteiger partial charge in [-0.1, -0.05) is 12.1 Å². The number of piperazine rings is 1. The number of nitrogens with zero attached hydrogens (tertiary/aromatic N) is 1. The molecule has 1 aliphatic rings. The number of hydrogen-bond acceptors (Lipinski definition) is 3. The molecule has 1 atom stereocenters. The molecule has 0 saturated carbocycles. The van der Waals surface area contributed by atoms with Crippen LogP contribution < -0.4 is 5.32 Å². The summed E-state index contributed by atoms with van der Waals surface area (Å²) in [7, 11) is 0. The molecule has 2 N–H and O–H groups in total. The maximum absolute atomic E-state index is 12.9. The standard InChI is InChI=1S/C13H19FN2O/c14-12-3-1-11(2-4-12)13(5-10-17)16-8-6-15-7-9-16/h1-4,13,15,17H,5-10H2. The van der Waals surface area contributed by atoms with Crippen molar-refractivity contribution in [2.75, 3.05) is 32.8 Å². The Kier molecular flexibility index (Phi) is 4.48. The third-order valence-corrected chi connectivity index (χ3v) is 3.25. The average Bonchev–Trinajstić information content (AvgIpc) is 2.38. The quantitative estimate of drug-likeness (QED) is 0.826. The second-order valence-corrected chi connectivity index (χ2v) is 4.37. The maximum Gasteiger partial charge on any atom is 0.123 e. The van der Waals surface area contributed by atoms with E-state index in [4.69, 9.17) is 5.11 Å². The Morgan fingerprint density at radius 1 is 1.24 bits per heavy atom. The Balaban J connectivity index is 2.12. The van der Waals surface area contributed by atoms with Crippen LogP contribution in [0.25, 0.3) is 0 Å². The van der Waals surface area contributed by atoms with Crippen LogP contribution in [0.3, 0.4) is 0 Å². The number of nitrogens with one attached hydrogen (secondary N) is 1. The smallest absolute Gasteiger partial charge is 0.123 e. The molecular formula is C13H19FN2O. The van der Waals surface area contributed by atoms with Crippen LogP contribution in [0.4, 0.5) is 4.39 Å². The highest BCUT2D eigenvalue weighted by atomic mass is 19.1. The monoisotopic (exact) mass is 238 g/mol. The summed E-state index contributed by atoms with van der Waals surface area (Å²) >= 11 is 0. The average molecular weight is 238 g/mol. The van der Waals surface area contributed by atoms with Crippen molar-refractivity contribution in [2.24, 2.45) is 0 Å². The van der Waals surface area contributed by atoms with Gasteiger partial charge < -0.3 is 10.4 Å². The van der Waals surface area contributed by atoms with Crippen LogP contribution in [0, 0.1) is 5.82 Å². The van der Waals surface area contributed by atoms with Crippen molar-refractivity contribution in [1.82, 2.24) is 10.2 Å². The van der Waals surface area contributed by atoms with E-state index in [-0.39, 0.29) is 18.5 Å². The van der Waals surface area contributed by atoms with Gasteiger partial charge in [0.2, 0.25) is 0 Å². The summed E-state index contributed by atoms with van der Waals surface area (Å²) in [6.45, 7) is 4.06. The van der Waals surface area contributed by atoms with E-state index in [1.165, 1.54) is 12.1 Å². The first-order chi connectivity index (χ1) is 8.31. The highest BCUT2D eigenvalue weighted by Gasteiger charge is 2.21. The molecule has 1 saturated heterocycles. The molecule has 1 aromatic carbocycles. The second kappa shape index (κ2) is 6.10. The predicted octanol–water partition coefficient (Wildman–Crippen LogP) is 1.15. The van der Waals surface area contributed by atoms with Gasteiger partial charge in [0.25, 0.3) is 0 Å². The Labute approximate surface area is 101 Å². The molecule has 17 heavy (non-hydrogen) atoms. The number of rotatable bonds is 4. The largest absolute Gasteiger partial charge is 0.396 e. The zero-order valence-corrected chi connectivity index (χ0v) is 9.90. The molecule has 1 aliphatic heterocycles. The number of benzene rings is 1. The van der Waals surface area contributed by atoms with Gasteiger partial charge >= 0.3 is 0 Å². The minimum Gasteiger partial charge on any atom is -0.396 e. The van der Waals surface area contributed by atoms with Crippen LogP contribution in [-0.2, 0) is 0 Å². The van der Waals surface area contributed by atoms with E-state index in [2.05, 4.69) is 10.2 Å². The van der Waals surface area contributed by atoms with Gasteiger partial charge in [-0.25, -0.2) is 4.39 Å². The number of halogens is 1. The fraction of sp³-hybridized carbons (Fsp3) is 0.538. The van der Waals surface area contributed by atoms with Gasteiger partial charge in [-0.15, -0.1) is 0 Å². The molecule has 0 amide bonds. The lowest BCUT2D eigenvalue weighted by Gasteiger charge is -2.35. The third-order valence-electron chi connectivity index (χ3n) is 3.25. The van der Waals surface area contributed by atoms with Crippen molar-refractivity contribution in [3.63, 3.8) is 0 Å². The van der Waals surface area contributed by atoms with Gasteiger partial charge in [-0.05, 0) is 24.1 Å². The van der Waals surface area contributed by atoms with E-state index in [0.717, 1.165) is 31.7 Å². The Morgan fingerprint density at radius 2 is 1.88 bits per heavy atom. The molecule has 0 bridgehead atoms. The van der Waals surface area contributed by atoms with Gasteiger partial charge in [0, 0.05) is 38.8 Å². The molecular weight excluding hydrogens is 219 g/mol. The summed E-state index contributed by atoms with van der Waals surface area (Å²) in [5.74, 6) is -0.211. The Hall–Kier alpha value is -0.970. The zero-order valence-electron chi connectivity index (χ0n) is 9.90. The molecule has 94 valence electrons.